The molecule has 1 unspecified atom stereocenters. The second kappa shape index (κ2) is 4.01. The predicted octanol–water partition coefficient (Wildman–Crippen LogP) is 2.62. The van der Waals surface area contributed by atoms with Crippen molar-refractivity contribution in [3.05, 3.63) is 29.8 Å². The van der Waals surface area contributed by atoms with Crippen LogP contribution < -0.4 is 5.73 Å². The van der Waals surface area contributed by atoms with Gasteiger partial charge in [0.2, 0.25) is 6.43 Å². The standard InChI is InChI=1S/C12H15F2NO/c13-11(14)10(7-12(15)4-5-12)8-2-1-3-9(16)6-8/h1-3,6,10-11,16H,4-5,7,15H2. The van der Waals surface area contributed by atoms with Crippen LogP contribution in [-0.2, 0) is 0 Å². The van der Waals surface area contributed by atoms with E-state index in [9.17, 15) is 13.9 Å². The van der Waals surface area contributed by atoms with Crippen LogP contribution in [0.25, 0.3) is 0 Å². The first-order valence-electron chi connectivity index (χ1n) is 5.36. The number of aromatic hydroxyl groups is 1. The molecule has 2 nitrogen and oxygen atoms in total. The van der Waals surface area contributed by atoms with E-state index < -0.39 is 17.9 Å². The maximum absolute atomic E-state index is 12.9. The van der Waals surface area contributed by atoms with Gasteiger partial charge in [0.1, 0.15) is 5.75 Å². The lowest BCUT2D eigenvalue weighted by Crippen LogP contribution is -2.27. The number of phenols is 1. The molecule has 1 fully saturated rings. The highest BCUT2D eigenvalue weighted by molar-refractivity contribution is 5.30. The second-order valence-corrected chi connectivity index (χ2v) is 4.60. The first kappa shape index (κ1) is 11.3. The summed E-state index contributed by atoms with van der Waals surface area (Å²) in [6, 6.07) is 6.06. The van der Waals surface area contributed by atoms with Gasteiger partial charge in [-0.3, -0.25) is 0 Å². The highest BCUT2D eigenvalue weighted by Crippen LogP contribution is 2.43. The van der Waals surface area contributed by atoms with Crippen molar-refractivity contribution in [3.8, 4) is 5.75 Å². The lowest BCUT2D eigenvalue weighted by atomic mass is 9.91. The molecule has 0 bridgehead atoms. The fourth-order valence-electron chi connectivity index (χ4n) is 1.91. The van der Waals surface area contributed by atoms with E-state index in [-0.39, 0.29) is 12.2 Å². The minimum absolute atomic E-state index is 0.0185. The van der Waals surface area contributed by atoms with Crippen molar-refractivity contribution in [2.75, 3.05) is 0 Å². The van der Waals surface area contributed by atoms with Gasteiger partial charge in [0.25, 0.3) is 0 Å². The fourth-order valence-corrected chi connectivity index (χ4v) is 1.91. The molecule has 16 heavy (non-hydrogen) atoms. The molecule has 0 heterocycles. The van der Waals surface area contributed by atoms with Crippen molar-refractivity contribution in [1.29, 1.82) is 0 Å². The SMILES string of the molecule is NC1(CC(c2cccc(O)c2)C(F)F)CC1. The lowest BCUT2D eigenvalue weighted by molar-refractivity contribution is 0.105. The van der Waals surface area contributed by atoms with E-state index >= 15 is 0 Å². The van der Waals surface area contributed by atoms with Crippen LogP contribution in [0.5, 0.6) is 5.75 Å². The number of alkyl halides is 2. The summed E-state index contributed by atoms with van der Waals surface area (Å²) >= 11 is 0. The molecular weight excluding hydrogens is 212 g/mol. The zero-order valence-electron chi connectivity index (χ0n) is 8.87. The third-order valence-corrected chi connectivity index (χ3v) is 3.12. The third-order valence-electron chi connectivity index (χ3n) is 3.12. The second-order valence-electron chi connectivity index (χ2n) is 4.60. The fraction of sp³-hybridized carbons (Fsp3) is 0.500. The molecule has 1 aliphatic carbocycles. The maximum atomic E-state index is 12.9. The predicted molar refractivity (Wildman–Crippen MR) is 57.6 cm³/mol. The van der Waals surface area contributed by atoms with E-state index in [0.29, 0.717) is 5.56 Å². The summed E-state index contributed by atoms with van der Waals surface area (Å²) in [5.74, 6) is -0.857. The highest BCUT2D eigenvalue weighted by atomic mass is 19.3. The minimum Gasteiger partial charge on any atom is -0.508 e. The van der Waals surface area contributed by atoms with E-state index in [2.05, 4.69) is 0 Å². The van der Waals surface area contributed by atoms with Gasteiger partial charge in [-0.2, -0.15) is 0 Å². The molecule has 1 aromatic rings. The molecule has 1 saturated carbocycles. The van der Waals surface area contributed by atoms with Gasteiger partial charge >= 0.3 is 0 Å². The van der Waals surface area contributed by atoms with Gasteiger partial charge < -0.3 is 10.8 Å². The summed E-state index contributed by atoms with van der Waals surface area (Å²) in [5, 5.41) is 9.28. The van der Waals surface area contributed by atoms with Crippen molar-refractivity contribution >= 4 is 0 Å². The van der Waals surface area contributed by atoms with Crippen LogP contribution >= 0.6 is 0 Å². The topological polar surface area (TPSA) is 46.2 Å². The van der Waals surface area contributed by atoms with Gasteiger partial charge in [-0.05, 0) is 37.0 Å². The molecular formula is C12H15F2NO. The average molecular weight is 227 g/mol. The Morgan fingerprint density at radius 1 is 1.38 bits per heavy atom. The average Bonchev–Trinajstić information content (AvgIpc) is 2.93. The van der Waals surface area contributed by atoms with E-state index in [1.165, 1.54) is 12.1 Å². The number of hydrogen-bond donors (Lipinski definition) is 2. The first-order valence-corrected chi connectivity index (χ1v) is 5.36. The Kier molecular flexibility index (Phi) is 2.84. The Labute approximate surface area is 93.1 Å². The molecule has 0 radical (unpaired) electrons. The number of halogens is 2. The molecule has 1 aromatic carbocycles. The van der Waals surface area contributed by atoms with Gasteiger partial charge in [-0.1, -0.05) is 12.1 Å². The molecule has 0 spiro atoms. The van der Waals surface area contributed by atoms with Crippen LogP contribution in [0.3, 0.4) is 0 Å². The third kappa shape index (κ3) is 2.50. The Morgan fingerprint density at radius 2 is 2.06 bits per heavy atom. The van der Waals surface area contributed by atoms with Crippen molar-refractivity contribution < 1.29 is 13.9 Å². The number of hydrogen-bond acceptors (Lipinski definition) is 2. The number of phenolic OH excluding ortho intramolecular Hbond substituents is 1. The molecule has 88 valence electrons. The Bertz CT molecular complexity index is 377. The van der Waals surface area contributed by atoms with Gasteiger partial charge in [-0.25, -0.2) is 8.78 Å². The van der Waals surface area contributed by atoms with Crippen molar-refractivity contribution in [2.45, 2.75) is 37.1 Å². The van der Waals surface area contributed by atoms with Crippen LogP contribution in [0.15, 0.2) is 24.3 Å². The summed E-state index contributed by atoms with van der Waals surface area (Å²) in [7, 11) is 0. The molecule has 3 N–H and O–H groups in total. The molecule has 1 aliphatic rings. The Morgan fingerprint density at radius 3 is 2.56 bits per heavy atom. The number of nitrogens with two attached hydrogens (primary N) is 1. The lowest BCUT2D eigenvalue weighted by Gasteiger charge is -2.20. The Balaban J connectivity index is 2.18. The van der Waals surface area contributed by atoms with E-state index in [1.54, 1.807) is 12.1 Å². The summed E-state index contributed by atoms with van der Waals surface area (Å²) < 4.78 is 25.9. The van der Waals surface area contributed by atoms with Gasteiger partial charge in [0.15, 0.2) is 0 Å². The largest absolute Gasteiger partial charge is 0.508 e. The van der Waals surface area contributed by atoms with Crippen LogP contribution in [0.2, 0.25) is 0 Å². The minimum atomic E-state index is -2.44. The molecule has 0 aliphatic heterocycles. The van der Waals surface area contributed by atoms with Crippen LogP contribution in [-0.4, -0.2) is 17.1 Å². The quantitative estimate of drug-likeness (QED) is 0.830. The van der Waals surface area contributed by atoms with Crippen LogP contribution in [0, 0.1) is 0 Å². The molecule has 0 aromatic heterocycles. The summed E-state index contributed by atoms with van der Waals surface area (Å²) in [6.07, 6.45) is -0.527. The zero-order chi connectivity index (χ0) is 11.8. The molecule has 0 saturated heterocycles. The smallest absolute Gasteiger partial charge is 0.245 e. The van der Waals surface area contributed by atoms with Crippen molar-refractivity contribution in [1.82, 2.24) is 0 Å². The van der Waals surface area contributed by atoms with Crippen LogP contribution in [0.4, 0.5) is 8.78 Å². The molecule has 1 atom stereocenters. The number of benzene rings is 1. The van der Waals surface area contributed by atoms with E-state index in [1.807, 2.05) is 0 Å². The molecule has 4 heteroatoms. The highest BCUT2D eigenvalue weighted by Gasteiger charge is 2.42. The Hall–Kier alpha value is -1.16. The van der Waals surface area contributed by atoms with E-state index in [0.717, 1.165) is 12.8 Å². The number of rotatable bonds is 4. The summed E-state index contributed by atoms with van der Waals surface area (Å²) in [5.41, 5.74) is 5.92. The normalized spacial score (nSPS) is 19.8. The molecule has 0 amide bonds. The van der Waals surface area contributed by atoms with Crippen LogP contribution in [0.1, 0.15) is 30.7 Å². The van der Waals surface area contributed by atoms with Crippen molar-refractivity contribution in [2.24, 2.45) is 5.73 Å². The zero-order valence-corrected chi connectivity index (χ0v) is 8.87. The molecule has 2 rings (SSSR count). The van der Waals surface area contributed by atoms with Gasteiger partial charge in [-0.15, -0.1) is 0 Å². The van der Waals surface area contributed by atoms with Gasteiger partial charge in [0, 0.05) is 11.5 Å². The van der Waals surface area contributed by atoms with Gasteiger partial charge in [0.05, 0.1) is 0 Å². The van der Waals surface area contributed by atoms with E-state index in [4.69, 9.17) is 5.73 Å². The summed E-state index contributed by atoms with van der Waals surface area (Å²) in [4.78, 5) is 0. The monoisotopic (exact) mass is 227 g/mol. The van der Waals surface area contributed by atoms with Crippen molar-refractivity contribution in [3.63, 3.8) is 0 Å². The summed E-state index contributed by atoms with van der Waals surface area (Å²) in [6.45, 7) is 0. The maximum Gasteiger partial charge on any atom is 0.245 e. The first-order chi connectivity index (χ1) is 7.50.